The zero-order chi connectivity index (χ0) is 14.7. The van der Waals surface area contributed by atoms with Crippen LogP contribution in [0, 0.1) is 20.8 Å². The number of aryl methyl sites for hydroxylation is 3. The number of aromatic nitrogens is 3. The van der Waals surface area contributed by atoms with Crippen molar-refractivity contribution in [2.24, 2.45) is 0 Å². The average Bonchev–Trinajstić information content (AvgIpc) is 2.74. The lowest BCUT2D eigenvalue weighted by Gasteiger charge is -2.10. The number of pyridine rings is 1. The van der Waals surface area contributed by atoms with Gasteiger partial charge in [0.2, 0.25) is 0 Å². The molecule has 0 saturated carbocycles. The van der Waals surface area contributed by atoms with Crippen LogP contribution in [0.2, 0.25) is 0 Å². The summed E-state index contributed by atoms with van der Waals surface area (Å²) < 4.78 is 7.84. The lowest BCUT2D eigenvalue weighted by Crippen LogP contribution is -2.09. The lowest BCUT2D eigenvalue weighted by atomic mass is 10.2. The van der Waals surface area contributed by atoms with Crippen molar-refractivity contribution in [2.75, 3.05) is 18.9 Å². The maximum Gasteiger partial charge on any atom is 0.151 e. The van der Waals surface area contributed by atoms with Gasteiger partial charge < -0.3 is 15.0 Å². The van der Waals surface area contributed by atoms with E-state index < -0.39 is 0 Å². The molecule has 110 valence electrons. The summed E-state index contributed by atoms with van der Waals surface area (Å²) in [5.41, 5.74) is 9.98. The van der Waals surface area contributed by atoms with Crippen LogP contribution in [0.5, 0.6) is 0 Å². The molecule has 5 heteroatoms. The van der Waals surface area contributed by atoms with E-state index in [1.807, 2.05) is 13.8 Å². The summed E-state index contributed by atoms with van der Waals surface area (Å²) in [5, 5.41) is 0. The van der Waals surface area contributed by atoms with E-state index in [4.69, 9.17) is 10.5 Å². The smallest absolute Gasteiger partial charge is 0.151 e. The van der Waals surface area contributed by atoms with Crippen molar-refractivity contribution in [3.05, 3.63) is 17.1 Å². The average molecular weight is 276 g/mol. The van der Waals surface area contributed by atoms with Crippen LogP contribution >= 0.6 is 0 Å². The second-order valence-electron chi connectivity index (χ2n) is 5.18. The van der Waals surface area contributed by atoms with Crippen molar-refractivity contribution in [3.8, 4) is 0 Å². The molecule has 0 aromatic carbocycles. The van der Waals surface area contributed by atoms with E-state index in [0.717, 1.165) is 54.1 Å². The minimum atomic E-state index is 0.511. The molecule has 2 heterocycles. The first-order valence-electron chi connectivity index (χ1n) is 7.23. The number of rotatable bonds is 6. The van der Waals surface area contributed by atoms with E-state index in [-0.39, 0.29) is 0 Å². The molecule has 0 aliphatic carbocycles. The molecule has 2 aromatic rings. The predicted molar refractivity (Wildman–Crippen MR) is 81.9 cm³/mol. The topological polar surface area (TPSA) is 66.0 Å². The van der Waals surface area contributed by atoms with Crippen molar-refractivity contribution < 1.29 is 4.74 Å². The molecular weight excluding hydrogens is 252 g/mol. The number of ether oxygens (including phenoxy) is 1. The third kappa shape index (κ3) is 2.77. The van der Waals surface area contributed by atoms with Gasteiger partial charge in [0.15, 0.2) is 5.82 Å². The van der Waals surface area contributed by atoms with E-state index in [0.29, 0.717) is 12.4 Å². The fraction of sp³-hybridized carbons (Fsp3) is 0.600. The summed E-state index contributed by atoms with van der Waals surface area (Å²) >= 11 is 0. The lowest BCUT2D eigenvalue weighted by molar-refractivity contribution is 0.124. The fourth-order valence-corrected chi connectivity index (χ4v) is 2.39. The Kier molecular flexibility index (Phi) is 4.60. The van der Waals surface area contributed by atoms with Gasteiger partial charge in [-0.2, -0.15) is 0 Å². The van der Waals surface area contributed by atoms with Crippen molar-refractivity contribution in [3.63, 3.8) is 0 Å². The number of hydrogen-bond donors (Lipinski definition) is 1. The van der Waals surface area contributed by atoms with Gasteiger partial charge in [0.1, 0.15) is 11.3 Å². The van der Waals surface area contributed by atoms with E-state index in [9.17, 15) is 0 Å². The first-order chi connectivity index (χ1) is 9.56. The third-order valence-electron chi connectivity index (χ3n) is 3.69. The Bertz CT molecular complexity index is 604. The minimum absolute atomic E-state index is 0.511. The van der Waals surface area contributed by atoms with Crippen LogP contribution in [0.3, 0.4) is 0 Å². The van der Waals surface area contributed by atoms with E-state index in [2.05, 4.69) is 28.4 Å². The number of anilines is 1. The molecule has 0 spiro atoms. The SMILES string of the molecule is CCCCOCCn1c(C)nc2c(N)nc(C)c(C)c21. The molecule has 2 aromatic heterocycles. The van der Waals surface area contributed by atoms with Gasteiger partial charge in [0, 0.05) is 18.8 Å². The van der Waals surface area contributed by atoms with E-state index >= 15 is 0 Å². The van der Waals surface area contributed by atoms with Crippen molar-refractivity contribution >= 4 is 16.9 Å². The fourth-order valence-electron chi connectivity index (χ4n) is 2.39. The maximum atomic E-state index is 5.98. The standard InChI is InChI=1S/C15H24N4O/c1-5-6-8-20-9-7-19-12(4)18-13-14(19)10(2)11(3)17-15(13)16/h5-9H2,1-4H3,(H2,16,17). The van der Waals surface area contributed by atoms with Crippen LogP contribution in [0.25, 0.3) is 11.0 Å². The third-order valence-corrected chi connectivity index (χ3v) is 3.69. The highest BCUT2D eigenvalue weighted by Gasteiger charge is 2.15. The monoisotopic (exact) mass is 276 g/mol. The first kappa shape index (κ1) is 14.8. The Morgan fingerprint density at radius 3 is 2.60 bits per heavy atom. The number of hydrogen-bond acceptors (Lipinski definition) is 4. The summed E-state index contributed by atoms with van der Waals surface area (Å²) in [5.74, 6) is 1.47. The molecule has 0 saturated heterocycles. The highest BCUT2D eigenvalue weighted by atomic mass is 16.5. The van der Waals surface area contributed by atoms with Gasteiger partial charge in [-0.3, -0.25) is 0 Å². The molecule has 0 aliphatic rings. The molecule has 20 heavy (non-hydrogen) atoms. The number of fused-ring (bicyclic) bond motifs is 1. The summed E-state index contributed by atoms with van der Waals surface area (Å²) in [4.78, 5) is 8.90. The second-order valence-corrected chi connectivity index (χ2v) is 5.18. The summed E-state index contributed by atoms with van der Waals surface area (Å²) in [7, 11) is 0. The Hall–Kier alpha value is -1.62. The van der Waals surface area contributed by atoms with Crippen LogP contribution < -0.4 is 5.73 Å². The first-order valence-corrected chi connectivity index (χ1v) is 7.23. The summed E-state index contributed by atoms with van der Waals surface area (Å²) in [6, 6.07) is 0. The van der Waals surface area contributed by atoms with Gasteiger partial charge in [0.25, 0.3) is 0 Å². The molecule has 0 radical (unpaired) electrons. The number of nitrogens with zero attached hydrogens (tertiary/aromatic N) is 3. The van der Waals surface area contributed by atoms with Gasteiger partial charge in [-0.05, 0) is 32.8 Å². The second kappa shape index (κ2) is 6.22. The largest absolute Gasteiger partial charge is 0.382 e. The predicted octanol–water partition coefficient (Wildman–Crippen LogP) is 2.76. The maximum absolute atomic E-state index is 5.98. The van der Waals surface area contributed by atoms with Gasteiger partial charge in [-0.25, -0.2) is 9.97 Å². The van der Waals surface area contributed by atoms with Gasteiger partial charge in [0.05, 0.1) is 12.1 Å². The number of nitrogens with two attached hydrogens (primary N) is 1. The van der Waals surface area contributed by atoms with Crippen LogP contribution in [0.1, 0.15) is 36.8 Å². The van der Waals surface area contributed by atoms with Gasteiger partial charge >= 0.3 is 0 Å². The number of unbranched alkanes of at least 4 members (excludes halogenated alkanes) is 1. The molecule has 0 fully saturated rings. The van der Waals surface area contributed by atoms with Gasteiger partial charge in [-0.15, -0.1) is 0 Å². The molecular formula is C15H24N4O. The molecule has 0 bridgehead atoms. The number of nitrogen functional groups attached to an aromatic ring is 1. The summed E-state index contributed by atoms with van der Waals surface area (Å²) in [6.45, 7) is 10.5. The van der Waals surface area contributed by atoms with Crippen LogP contribution in [-0.2, 0) is 11.3 Å². The normalized spacial score (nSPS) is 11.4. The number of imidazole rings is 1. The Balaban J connectivity index is 2.26. The molecule has 2 N–H and O–H groups in total. The Labute approximate surface area is 120 Å². The van der Waals surface area contributed by atoms with Crippen LogP contribution in [0.4, 0.5) is 5.82 Å². The minimum Gasteiger partial charge on any atom is -0.382 e. The molecule has 0 atom stereocenters. The molecule has 0 unspecified atom stereocenters. The highest BCUT2D eigenvalue weighted by molar-refractivity contribution is 5.88. The van der Waals surface area contributed by atoms with Crippen molar-refractivity contribution in [1.29, 1.82) is 0 Å². The van der Waals surface area contributed by atoms with E-state index in [1.165, 1.54) is 0 Å². The zero-order valence-corrected chi connectivity index (χ0v) is 12.9. The van der Waals surface area contributed by atoms with Crippen molar-refractivity contribution in [1.82, 2.24) is 14.5 Å². The highest BCUT2D eigenvalue weighted by Crippen LogP contribution is 2.25. The molecule has 2 rings (SSSR count). The van der Waals surface area contributed by atoms with E-state index in [1.54, 1.807) is 0 Å². The van der Waals surface area contributed by atoms with Crippen LogP contribution in [0.15, 0.2) is 0 Å². The summed E-state index contributed by atoms with van der Waals surface area (Å²) in [6.07, 6.45) is 2.27. The molecule has 5 nitrogen and oxygen atoms in total. The molecule has 0 aliphatic heterocycles. The molecule has 0 amide bonds. The van der Waals surface area contributed by atoms with Crippen molar-refractivity contribution in [2.45, 2.75) is 47.1 Å². The van der Waals surface area contributed by atoms with Gasteiger partial charge in [-0.1, -0.05) is 13.3 Å². The quantitative estimate of drug-likeness (QED) is 0.824. The Morgan fingerprint density at radius 1 is 1.15 bits per heavy atom. The zero-order valence-electron chi connectivity index (χ0n) is 12.9. The van der Waals surface area contributed by atoms with Crippen LogP contribution in [-0.4, -0.2) is 27.7 Å². The Morgan fingerprint density at radius 2 is 1.90 bits per heavy atom.